The lowest BCUT2D eigenvalue weighted by Gasteiger charge is -2.20. The third kappa shape index (κ3) is 2.29. The Morgan fingerprint density at radius 2 is 2.00 bits per heavy atom. The summed E-state index contributed by atoms with van der Waals surface area (Å²) in [5, 5.41) is 3.37. The molecule has 2 heteroatoms. The van der Waals surface area contributed by atoms with Crippen LogP contribution in [0.4, 0.5) is 0 Å². The minimum absolute atomic E-state index is 0.879. The van der Waals surface area contributed by atoms with Crippen LogP contribution in [0, 0.1) is 5.92 Å². The van der Waals surface area contributed by atoms with Crippen molar-refractivity contribution in [1.29, 1.82) is 0 Å². The second-order valence-corrected chi connectivity index (χ2v) is 3.60. The Labute approximate surface area is 68.1 Å². The van der Waals surface area contributed by atoms with E-state index in [0.29, 0.717) is 0 Å². The predicted octanol–water partition coefficient (Wildman–Crippen LogP) is 1.22. The molecule has 0 spiro atoms. The molecule has 1 heterocycles. The number of hydrogen-bond acceptors (Lipinski definition) is 2. The van der Waals surface area contributed by atoms with Crippen molar-refractivity contribution in [2.75, 3.05) is 19.6 Å². The molecule has 2 aliphatic rings. The highest BCUT2D eigenvalue weighted by atomic mass is 14.9. The van der Waals surface area contributed by atoms with E-state index in [1.54, 1.807) is 0 Å². The summed E-state index contributed by atoms with van der Waals surface area (Å²) in [6, 6.07) is 0. The molecule has 0 amide bonds. The summed E-state index contributed by atoms with van der Waals surface area (Å²) >= 11 is 0. The van der Waals surface area contributed by atoms with Gasteiger partial charge in [-0.3, -0.25) is 4.99 Å². The molecule has 0 aromatic rings. The molecule has 1 aliphatic carbocycles. The summed E-state index contributed by atoms with van der Waals surface area (Å²) in [4.78, 5) is 4.55. The summed E-state index contributed by atoms with van der Waals surface area (Å²) < 4.78 is 0. The van der Waals surface area contributed by atoms with Gasteiger partial charge in [0.2, 0.25) is 0 Å². The van der Waals surface area contributed by atoms with Crippen LogP contribution in [0.2, 0.25) is 0 Å². The van der Waals surface area contributed by atoms with Gasteiger partial charge in [-0.05, 0) is 44.7 Å². The van der Waals surface area contributed by atoms with Crippen molar-refractivity contribution in [3.63, 3.8) is 0 Å². The van der Waals surface area contributed by atoms with Crippen molar-refractivity contribution < 1.29 is 0 Å². The van der Waals surface area contributed by atoms with Gasteiger partial charge in [-0.2, -0.15) is 0 Å². The van der Waals surface area contributed by atoms with E-state index in [1.165, 1.54) is 44.5 Å². The molecule has 0 radical (unpaired) electrons. The van der Waals surface area contributed by atoms with Gasteiger partial charge in [-0.15, -0.1) is 0 Å². The lowest BCUT2D eigenvalue weighted by molar-refractivity contribution is 0.383. The zero-order valence-electron chi connectivity index (χ0n) is 6.97. The monoisotopic (exact) mass is 152 g/mol. The SMILES string of the molecule is C1CC(CN=C2CC2)CCN1. The molecule has 0 aromatic carbocycles. The summed E-state index contributed by atoms with van der Waals surface area (Å²) in [5.41, 5.74) is 1.46. The fourth-order valence-electron chi connectivity index (χ4n) is 1.54. The molecule has 2 rings (SSSR count). The van der Waals surface area contributed by atoms with Gasteiger partial charge in [0.05, 0.1) is 0 Å². The molecule has 1 N–H and O–H groups in total. The minimum atomic E-state index is 0.879. The highest BCUT2D eigenvalue weighted by Gasteiger charge is 2.16. The average Bonchev–Trinajstić information content (AvgIpc) is 2.86. The molecule has 0 atom stereocenters. The van der Waals surface area contributed by atoms with Crippen LogP contribution < -0.4 is 5.32 Å². The molecular formula is C9H16N2. The van der Waals surface area contributed by atoms with Crippen molar-refractivity contribution in [1.82, 2.24) is 5.32 Å². The lowest BCUT2D eigenvalue weighted by atomic mass is 9.99. The summed E-state index contributed by atoms with van der Waals surface area (Å²) in [6.45, 7) is 3.52. The van der Waals surface area contributed by atoms with Gasteiger partial charge >= 0.3 is 0 Å². The molecule has 11 heavy (non-hydrogen) atoms. The number of nitrogens with zero attached hydrogens (tertiary/aromatic N) is 1. The maximum atomic E-state index is 4.55. The topological polar surface area (TPSA) is 24.4 Å². The van der Waals surface area contributed by atoms with Gasteiger partial charge in [-0.1, -0.05) is 0 Å². The number of nitrogens with one attached hydrogen (secondary N) is 1. The lowest BCUT2D eigenvalue weighted by Crippen LogP contribution is -2.28. The normalized spacial score (nSPS) is 25.3. The smallest absolute Gasteiger partial charge is 0.0417 e. The first-order valence-electron chi connectivity index (χ1n) is 4.68. The first-order valence-corrected chi connectivity index (χ1v) is 4.68. The van der Waals surface area contributed by atoms with E-state index in [9.17, 15) is 0 Å². The number of hydrogen-bond donors (Lipinski definition) is 1. The first-order chi connectivity index (χ1) is 5.45. The third-order valence-electron chi connectivity index (χ3n) is 2.51. The third-order valence-corrected chi connectivity index (χ3v) is 2.51. The molecule has 0 unspecified atom stereocenters. The average molecular weight is 152 g/mol. The molecule has 1 saturated carbocycles. The Morgan fingerprint density at radius 1 is 1.27 bits per heavy atom. The second-order valence-electron chi connectivity index (χ2n) is 3.60. The molecule has 1 saturated heterocycles. The van der Waals surface area contributed by atoms with Crippen molar-refractivity contribution in [2.45, 2.75) is 25.7 Å². The van der Waals surface area contributed by atoms with Gasteiger partial charge in [0.1, 0.15) is 0 Å². The van der Waals surface area contributed by atoms with Crippen molar-refractivity contribution in [3.05, 3.63) is 0 Å². The van der Waals surface area contributed by atoms with Crippen LogP contribution in [0.5, 0.6) is 0 Å². The Hall–Kier alpha value is -0.370. The Balaban J connectivity index is 1.71. The maximum Gasteiger partial charge on any atom is 0.0417 e. The van der Waals surface area contributed by atoms with Crippen LogP contribution in [0.1, 0.15) is 25.7 Å². The van der Waals surface area contributed by atoms with E-state index in [4.69, 9.17) is 0 Å². The number of rotatable bonds is 2. The quantitative estimate of drug-likeness (QED) is 0.632. The highest BCUT2D eigenvalue weighted by Crippen LogP contribution is 2.17. The van der Waals surface area contributed by atoms with E-state index in [-0.39, 0.29) is 0 Å². The van der Waals surface area contributed by atoms with Crippen LogP contribution >= 0.6 is 0 Å². The van der Waals surface area contributed by atoms with Crippen LogP contribution in [0.25, 0.3) is 0 Å². The molecule has 62 valence electrons. The largest absolute Gasteiger partial charge is 0.317 e. The van der Waals surface area contributed by atoms with Crippen molar-refractivity contribution >= 4 is 5.71 Å². The maximum absolute atomic E-state index is 4.55. The Bertz CT molecular complexity index is 151. The van der Waals surface area contributed by atoms with Crippen LogP contribution in [0.3, 0.4) is 0 Å². The number of piperidine rings is 1. The van der Waals surface area contributed by atoms with Gasteiger partial charge in [0, 0.05) is 12.3 Å². The standard InChI is InChI=1S/C9H16N2/c1-2-9(1)11-7-8-3-5-10-6-4-8/h8,10H,1-7H2. The van der Waals surface area contributed by atoms with Crippen LogP contribution in [0.15, 0.2) is 4.99 Å². The summed E-state index contributed by atoms with van der Waals surface area (Å²) in [5.74, 6) is 0.879. The van der Waals surface area contributed by atoms with Crippen molar-refractivity contribution in [3.8, 4) is 0 Å². The van der Waals surface area contributed by atoms with Gasteiger partial charge in [-0.25, -0.2) is 0 Å². The van der Waals surface area contributed by atoms with Crippen LogP contribution in [-0.4, -0.2) is 25.3 Å². The number of aliphatic imine (C=N–C) groups is 1. The Kier molecular flexibility index (Phi) is 2.22. The molecule has 2 nitrogen and oxygen atoms in total. The molecule has 0 aromatic heterocycles. The summed E-state index contributed by atoms with van der Waals surface area (Å²) in [7, 11) is 0. The minimum Gasteiger partial charge on any atom is -0.317 e. The Morgan fingerprint density at radius 3 is 2.64 bits per heavy atom. The zero-order valence-corrected chi connectivity index (χ0v) is 6.97. The van der Waals surface area contributed by atoms with E-state index >= 15 is 0 Å². The van der Waals surface area contributed by atoms with Gasteiger partial charge in [0.25, 0.3) is 0 Å². The van der Waals surface area contributed by atoms with Gasteiger partial charge in [0.15, 0.2) is 0 Å². The second kappa shape index (κ2) is 3.35. The fourth-order valence-corrected chi connectivity index (χ4v) is 1.54. The first kappa shape index (κ1) is 7.29. The molecule has 0 bridgehead atoms. The fraction of sp³-hybridized carbons (Fsp3) is 0.889. The molecule has 2 fully saturated rings. The highest BCUT2D eigenvalue weighted by molar-refractivity contribution is 5.97. The van der Waals surface area contributed by atoms with Crippen LogP contribution in [-0.2, 0) is 0 Å². The predicted molar refractivity (Wildman–Crippen MR) is 47.1 cm³/mol. The zero-order chi connectivity index (χ0) is 7.52. The van der Waals surface area contributed by atoms with E-state index in [1.807, 2.05) is 0 Å². The van der Waals surface area contributed by atoms with Crippen molar-refractivity contribution in [2.24, 2.45) is 10.9 Å². The summed E-state index contributed by atoms with van der Waals surface area (Å²) in [6.07, 6.45) is 5.23. The van der Waals surface area contributed by atoms with E-state index in [2.05, 4.69) is 10.3 Å². The molecular weight excluding hydrogens is 136 g/mol. The van der Waals surface area contributed by atoms with E-state index in [0.717, 1.165) is 12.5 Å². The molecule has 1 aliphatic heterocycles. The van der Waals surface area contributed by atoms with Gasteiger partial charge < -0.3 is 5.32 Å². The van der Waals surface area contributed by atoms with E-state index < -0.39 is 0 Å².